The maximum absolute atomic E-state index is 12.5. The molecule has 0 aromatic heterocycles. The number of rotatable bonds is 58. The second-order valence-electron chi connectivity index (χ2n) is 21.4. The summed E-state index contributed by atoms with van der Waals surface area (Å²) in [5.74, 6) is -0.0226. The van der Waals surface area contributed by atoms with Gasteiger partial charge in [0.15, 0.2) is 0 Å². The molecule has 1 amide bonds. The van der Waals surface area contributed by atoms with Gasteiger partial charge in [0.25, 0.3) is 0 Å². The SMILES string of the molecule is CCCC/C=C\CCCCCCCC(=O)OCCCCCCCCCCCCCCCCCCCCCCCCCCCCCCC(=O)NC(CO)C(O)CCCCCCCCCCCCCC. The molecule has 0 saturated carbocycles. The number of esters is 1. The van der Waals surface area contributed by atoms with Crippen molar-refractivity contribution in [2.45, 2.75) is 360 Å². The highest BCUT2D eigenvalue weighted by atomic mass is 16.5. The number of amides is 1. The molecule has 2 atom stereocenters. The van der Waals surface area contributed by atoms with Crippen molar-refractivity contribution < 1.29 is 24.5 Å². The van der Waals surface area contributed by atoms with Crippen molar-refractivity contribution >= 4 is 11.9 Å². The molecular formula is C62H121NO5. The zero-order valence-electron chi connectivity index (χ0n) is 46.1. The van der Waals surface area contributed by atoms with Gasteiger partial charge < -0.3 is 20.3 Å². The average molecular weight is 961 g/mol. The van der Waals surface area contributed by atoms with Crippen molar-refractivity contribution in [2.75, 3.05) is 13.2 Å². The van der Waals surface area contributed by atoms with E-state index in [0.717, 1.165) is 44.9 Å². The molecule has 0 aliphatic carbocycles. The van der Waals surface area contributed by atoms with E-state index in [1.165, 1.54) is 270 Å². The van der Waals surface area contributed by atoms with Crippen LogP contribution in [-0.4, -0.2) is 47.4 Å². The summed E-state index contributed by atoms with van der Waals surface area (Å²) >= 11 is 0. The molecule has 6 heteroatoms. The molecule has 0 spiro atoms. The van der Waals surface area contributed by atoms with Gasteiger partial charge in [-0.25, -0.2) is 0 Å². The summed E-state index contributed by atoms with van der Waals surface area (Å²) in [5.41, 5.74) is 0. The maximum Gasteiger partial charge on any atom is 0.305 e. The quantitative estimate of drug-likeness (QED) is 0.0321. The predicted molar refractivity (Wildman–Crippen MR) is 297 cm³/mol. The Morgan fingerprint density at radius 2 is 0.706 bits per heavy atom. The van der Waals surface area contributed by atoms with Gasteiger partial charge in [0.05, 0.1) is 25.4 Å². The lowest BCUT2D eigenvalue weighted by molar-refractivity contribution is -0.143. The minimum Gasteiger partial charge on any atom is -0.466 e. The highest BCUT2D eigenvalue weighted by molar-refractivity contribution is 5.76. The number of carbonyl (C=O) groups excluding carboxylic acids is 2. The van der Waals surface area contributed by atoms with E-state index in [4.69, 9.17) is 4.74 Å². The van der Waals surface area contributed by atoms with Crippen LogP contribution in [0.5, 0.6) is 0 Å². The minimum atomic E-state index is -0.660. The summed E-state index contributed by atoms with van der Waals surface area (Å²) in [5, 5.41) is 23.2. The average Bonchev–Trinajstić information content (AvgIpc) is 3.34. The molecule has 2 unspecified atom stereocenters. The number of aliphatic hydroxyl groups is 2. The van der Waals surface area contributed by atoms with Gasteiger partial charge >= 0.3 is 5.97 Å². The summed E-state index contributed by atoms with van der Waals surface area (Å²) in [4.78, 5) is 24.4. The summed E-state index contributed by atoms with van der Waals surface area (Å²) < 4.78 is 5.46. The van der Waals surface area contributed by atoms with Crippen molar-refractivity contribution in [3.05, 3.63) is 12.2 Å². The van der Waals surface area contributed by atoms with Crippen LogP contribution in [-0.2, 0) is 14.3 Å². The molecule has 0 heterocycles. The van der Waals surface area contributed by atoms with Gasteiger partial charge in [-0.05, 0) is 44.9 Å². The monoisotopic (exact) mass is 960 g/mol. The Balaban J connectivity index is 3.32. The lowest BCUT2D eigenvalue weighted by Crippen LogP contribution is -2.45. The summed E-state index contributed by atoms with van der Waals surface area (Å²) in [7, 11) is 0. The standard InChI is InChI=1S/C62H121NO5/c1-3-5-7-9-11-13-15-35-38-42-46-50-54-60(65)59(58-64)63-61(66)55-51-47-43-39-36-32-30-28-26-24-22-20-18-16-17-19-21-23-25-27-29-31-33-37-41-45-49-53-57-68-62(67)56-52-48-44-40-34-14-12-10-8-6-4-2/h10,12,59-60,64-65H,3-9,11,13-58H2,1-2H3,(H,63,66)/b12-10-. The van der Waals surface area contributed by atoms with E-state index < -0.39 is 12.1 Å². The first kappa shape index (κ1) is 66.6. The number of allylic oxidation sites excluding steroid dienone is 2. The number of unbranched alkanes of at least 4 members (excludes halogenated alkanes) is 45. The predicted octanol–water partition coefficient (Wildman–Crippen LogP) is 19.2. The number of hydrogen-bond donors (Lipinski definition) is 3. The number of ether oxygens (including phenoxy) is 1. The Morgan fingerprint density at radius 1 is 0.397 bits per heavy atom. The van der Waals surface area contributed by atoms with Crippen LogP contribution >= 0.6 is 0 Å². The van der Waals surface area contributed by atoms with Gasteiger partial charge in [-0.2, -0.15) is 0 Å². The van der Waals surface area contributed by atoms with E-state index in [1.54, 1.807) is 0 Å². The van der Waals surface area contributed by atoms with E-state index in [0.29, 0.717) is 25.9 Å². The smallest absolute Gasteiger partial charge is 0.305 e. The second-order valence-corrected chi connectivity index (χ2v) is 21.4. The molecule has 0 saturated heterocycles. The number of hydrogen-bond acceptors (Lipinski definition) is 5. The first-order chi connectivity index (χ1) is 33.5. The van der Waals surface area contributed by atoms with Gasteiger partial charge in [-0.3, -0.25) is 9.59 Å². The zero-order valence-corrected chi connectivity index (χ0v) is 46.1. The van der Waals surface area contributed by atoms with Crippen LogP contribution in [0, 0.1) is 0 Å². The molecule has 0 aliphatic rings. The van der Waals surface area contributed by atoms with Crippen molar-refractivity contribution in [3.63, 3.8) is 0 Å². The van der Waals surface area contributed by atoms with E-state index in [9.17, 15) is 19.8 Å². The fourth-order valence-electron chi connectivity index (χ4n) is 9.80. The molecule has 0 fully saturated rings. The van der Waals surface area contributed by atoms with Crippen molar-refractivity contribution in [1.29, 1.82) is 0 Å². The van der Waals surface area contributed by atoms with Crippen LogP contribution in [0.25, 0.3) is 0 Å². The Bertz CT molecular complexity index is 1020. The highest BCUT2D eigenvalue weighted by Gasteiger charge is 2.20. The molecule has 0 radical (unpaired) electrons. The number of aliphatic hydroxyl groups excluding tert-OH is 2. The third kappa shape index (κ3) is 53.9. The minimum absolute atomic E-state index is 0.00803. The van der Waals surface area contributed by atoms with Gasteiger partial charge in [-0.1, -0.05) is 302 Å². The molecule has 0 aliphatic heterocycles. The van der Waals surface area contributed by atoms with E-state index >= 15 is 0 Å². The molecule has 0 aromatic carbocycles. The van der Waals surface area contributed by atoms with Crippen molar-refractivity contribution in [3.8, 4) is 0 Å². The topological polar surface area (TPSA) is 95.9 Å². The maximum atomic E-state index is 12.5. The fourth-order valence-corrected chi connectivity index (χ4v) is 9.80. The third-order valence-corrected chi connectivity index (χ3v) is 14.6. The third-order valence-electron chi connectivity index (χ3n) is 14.6. The first-order valence-electron chi connectivity index (χ1n) is 30.9. The zero-order chi connectivity index (χ0) is 49.3. The summed E-state index contributed by atoms with van der Waals surface area (Å²) in [6.45, 7) is 4.93. The Kier molecular flexibility index (Phi) is 57.0. The Labute approximate surface area is 425 Å². The van der Waals surface area contributed by atoms with Gasteiger partial charge in [0.2, 0.25) is 5.91 Å². The summed E-state index contributed by atoms with van der Waals surface area (Å²) in [6.07, 6.45) is 69.5. The lowest BCUT2D eigenvalue weighted by Gasteiger charge is -2.22. The largest absolute Gasteiger partial charge is 0.466 e. The molecule has 404 valence electrons. The summed E-state index contributed by atoms with van der Waals surface area (Å²) in [6, 6.07) is -0.537. The first-order valence-corrected chi connectivity index (χ1v) is 30.9. The number of nitrogens with one attached hydrogen (secondary N) is 1. The van der Waals surface area contributed by atoms with Gasteiger partial charge in [0, 0.05) is 12.8 Å². The van der Waals surface area contributed by atoms with Gasteiger partial charge in [-0.15, -0.1) is 0 Å². The molecule has 68 heavy (non-hydrogen) atoms. The van der Waals surface area contributed by atoms with E-state index in [1.807, 2.05) is 0 Å². The molecule has 3 N–H and O–H groups in total. The normalized spacial score (nSPS) is 12.6. The lowest BCUT2D eigenvalue weighted by atomic mass is 10.0. The van der Waals surface area contributed by atoms with Crippen molar-refractivity contribution in [1.82, 2.24) is 5.32 Å². The van der Waals surface area contributed by atoms with E-state index in [2.05, 4.69) is 31.3 Å². The highest BCUT2D eigenvalue weighted by Crippen LogP contribution is 2.18. The molecule has 6 nitrogen and oxygen atoms in total. The number of carbonyl (C=O) groups is 2. The molecular weight excluding hydrogens is 839 g/mol. The van der Waals surface area contributed by atoms with Crippen LogP contribution in [0.4, 0.5) is 0 Å². The molecule has 0 aromatic rings. The van der Waals surface area contributed by atoms with E-state index in [-0.39, 0.29) is 18.5 Å². The van der Waals surface area contributed by atoms with Crippen LogP contribution in [0.15, 0.2) is 12.2 Å². The van der Waals surface area contributed by atoms with Crippen LogP contribution in [0.1, 0.15) is 348 Å². The van der Waals surface area contributed by atoms with Gasteiger partial charge in [0.1, 0.15) is 0 Å². The second kappa shape index (κ2) is 58.2. The molecule has 0 rings (SSSR count). The Hall–Kier alpha value is -1.40. The Morgan fingerprint density at radius 3 is 1.09 bits per heavy atom. The van der Waals surface area contributed by atoms with Crippen molar-refractivity contribution in [2.24, 2.45) is 0 Å². The van der Waals surface area contributed by atoms with Crippen LogP contribution < -0.4 is 5.32 Å². The van der Waals surface area contributed by atoms with Crippen LogP contribution in [0.3, 0.4) is 0 Å². The van der Waals surface area contributed by atoms with Crippen LogP contribution in [0.2, 0.25) is 0 Å². The fraction of sp³-hybridized carbons (Fsp3) is 0.935. The molecule has 0 bridgehead atoms.